The SMILES string of the molecule is CCC1COCCN1c1cc(C)ncc1CN. The Kier molecular flexibility index (Phi) is 3.97. The molecule has 94 valence electrons. The summed E-state index contributed by atoms with van der Waals surface area (Å²) in [6.07, 6.45) is 2.98. The van der Waals surface area contributed by atoms with E-state index in [1.54, 1.807) is 0 Å². The normalized spacial score (nSPS) is 20.6. The van der Waals surface area contributed by atoms with Crippen molar-refractivity contribution >= 4 is 5.69 Å². The lowest BCUT2D eigenvalue weighted by molar-refractivity contribution is 0.0929. The Bertz CT molecular complexity index is 381. The van der Waals surface area contributed by atoms with E-state index in [9.17, 15) is 0 Å². The number of morpholine rings is 1. The molecular formula is C13H21N3O. The summed E-state index contributed by atoms with van der Waals surface area (Å²) < 4.78 is 5.54. The topological polar surface area (TPSA) is 51.4 Å². The zero-order valence-corrected chi connectivity index (χ0v) is 10.6. The number of hydrogen-bond acceptors (Lipinski definition) is 4. The molecule has 4 heteroatoms. The second kappa shape index (κ2) is 5.47. The molecule has 1 aliphatic heterocycles. The van der Waals surface area contributed by atoms with Gasteiger partial charge in [0.1, 0.15) is 0 Å². The highest BCUT2D eigenvalue weighted by molar-refractivity contribution is 5.54. The van der Waals surface area contributed by atoms with Gasteiger partial charge < -0.3 is 15.4 Å². The second-order valence-corrected chi connectivity index (χ2v) is 4.49. The van der Waals surface area contributed by atoms with Crippen LogP contribution in [0.15, 0.2) is 12.3 Å². The average molecular weight is 235 g/mol. The largest absolute Gasteiger partial charge is 0.377 e. The Morgan fingerprint density at radius 2 is 2.41 bits per heavy atom. The molecule has 0 bridgehead atoms. The van der Waals surface area contributed by atoms with Gasteiger partial charge in [-0.25, -0.2) is 0 Å². The fourth-order valence-corrected chi connectivity index (χ4v) is 2.31. The van der Waals surface area contributed by atoms with Crippen LogP contribution in [-0.2, 0) is 11.3 Å². The zero-order chi connectivity index (χ0) is 12.3. The summed E-state index contributed by atoms with van der Waals surface area (Å²) in [6, 6.07) is 2.59. The van der Waals surface area contributed by atoms with Gasteiger partial charge >= 0.3 is 0 Å². The smallest absolute Gasteiger partial charge is 0.0670 e. The van der Waals surface area contributed by atoms with Gasteiger partial charge in [-0.1, -0.05) is 6.92 Å². The van der Waals surface area contributed by atoms with E-state index in [1.807, 2.05) is 13.1 Å². The number of nitrogens with zero attached hydrogens (tertiary/aromatic N) is 2. The summed E-state index contributed by atoms with van der Waals surface area (Å²) in [5, 5.41) is 0. The van der Waals surface area contributed by atoms with E-state index in [-0.39, 0.29) is 0 Å². The highest BCUT2D eigenvalue weighted by Gasteiger charge is 2.23. The minimum absolute atomic E-state index is 0.454. The van der Waals surface area contributed by atoms with Crippen molar-refractivity contribution in [1.82, 2.24) is 4.98 Å². The lowest BCUT2D eigenvalue weighted by Crippen LogP contribution is -2.45. The van der Waals surface area contributed by atoms with Crippen LogP contribution in [0.2, 0.25) is 0 Å². The molecule has 1 atom stereocenters. The quantitative estimate of drug-likeness (QED) is 0.862. The molecule has 2 rings (SSSR count). The molecule has 1 aliphatic rings. The molecule has 1 unspecified atom stereocenters. The number of ether oxygens (including phenoxy) is 1. The van der Waals surface area contributed by atoms with E-state index in [0.29, 0.717) is 12.6 Å². The molecule has 2 N–H and O–H groups in total. The van der Waals surface area contributed by atoms with Crippen molar-refractivity contribution in [3.8, 4) is 0 Å². The van der Waals surface area contributed by atoms with E-state index in [2.05, 4.69) is 22.9 Å². The van der Waals surface area contributed by atoms with Gasteiger partial charge in [0, 0.05) is 36.2 Å². The standard InChI is InChI=1S/C13H21N3O/c1-3-12-9-17-5-4-16(12)13-6-10(2)15-8-11(13)7-14/h6,8,12H,3-5,7,9,14H2,1-2H3. The molecule has 0 radical (unpaired) electrons. The van der Waals surface area contributed by atoms with Gasteiger partial charge in [0.25, 0.3) is 0 Å². The second-order valence-electron chi connectivity index (χ2n) is 4.49. The molecule has 0 saturated carbocycles. The van der Waals surface area contributed by atoms with Crippen molar-refractivity contribution in [3.05, 3.63) is 23.5 Å². The minimum Gasteiger partial charge on any atom is -0.377 e. The van der Waals surface area contributed by atoms with Gasteiger partial charge in [-0.15, -0.1) is 0 Å². The fourth-order valence-electron chi connectivity index (χ4n) is 2.31. The molecule has 2 heterocycles. The van der Waals surface area contributed by atoms with Crippen molar-refractivity contribution in [2.75, 3.05) is 24.7 Å². The Hall–Kier alpha value is -1.13. The maximum atomic E-state index is 5.80. The molecule has 0 aliphatic carbocycles. The fraction of sp³-hybridized carbons (Fsp3) is 0.615. The van der Waals surface area contributed by atoms with Crippen molar-refractivity contribution < 1.29 is 4.74 Å². The van der Waals surface area contributed by atoms with E-state index in [4.69, 9.17) is 10.5 Å². The third kappa shape index (κ3) is 2.58. The Labute approximate surface area is 103 Å². The van der Waals surface area contributed by atoms with Crippen molar-refractivity contribution in [2.24, 2.45) is 5.73 Å². The third-order valence-electron chi connectivity index (χ3n) is 3.33. The number of nitrogens with two attached hydrogens (primary N) is 1. The van der Waals surface area contributed by atoms with Crippen molar-refractivity contribution in [1.29, 1.82) is 0 Å². The summed E-state index contributed by atoms with van der Waals surface area (Å²) >= 11 is 0. The van der Waals surface area contributed by atoms with Crippen LogP contribution in [0.5, 0.6) is 0 Å². The molecule has 4 nitrogen and oxygen atoms in total. The molecule has 0 amide bonds. The number of hydrogen-bond donors (Lipinski definition) is 1. The van der Waals surface area contributed by atoms with Crippen molar-refractivity contribution in [3.63, 3.8) is 0 Å². The molecular weight excluding hydrogens is 214 g/mol. The van der Waals surface area contributed by atoms with E-state index < -0.39 is 0 Å². The number of anilines is 1. The van der Waals surface area contributed by atoms with E-state index in [0.717, 1.165) is 37.4 Å². The van der Waals surface area contributed by atoms with Crippen LogP contribution in [0.25, 0.3) is 0 Å². The van der Waals surface area contributed by atoms with Crippen LogP contribution >= 0.6 is 0 Å². The Morgan fingerprint density at radius 1 is 1.59 bits per heavy atom. The summed E-state index contributed by atoms with van der Waals surface area (Å²) in [5.74, 6) is 0. The lowest BCUT2D eigenvalue weighted by Gasteiger charge is -2.38. The molecule has 0 spiro atoms. The van der Waals surface area contributed by atoms with Gasteiger partial charge in [-0.3, -0.25) is 4.98 Å². The van der Waals surface area contributed by atoms with Crippen molar-refractivity contribution in [2.45, 2.75) is 32.9 Å². The molecule has 17 heavy (non-hydrogen) atoms. The highest BCUT2D eigenvalue weighted by Crippen LogP contribution is 2.25. The predicted molar refractivity (Wildman–Crippen MR) is 69.1 cm³/mol. The first kappa shape index (κ1) is 12.3. The maximum Gasteiger partial charge on any atom is 0.0670 e. The van der Waals surface area contributed by atoms with Gasteiger partial charge in [0.2, 0.25) is 0 Å². The number of aromatic nitrogens is 1. The monoisotopic (exact) mass is 235 g/mol. The third-order valence-corrected chi connectivity index (χ3v) is 3.33. The maximum absolute atomic E-state index is 5.80. The van der Waals surface area contributed by atoms with Crippen LogP contribution < -0.4 is 10.6 Å². The van der Waals surface area contributed by atoms with Gasteiger partial charge in [0.15, 0.2) is 0 Å². The summed E-state index contributed by atoms with van der Waals surface area (Å²) in [4.78, 5) is 6.74. The molecule has 1 aromatic heterocycles. The Balaban J connectivity index is 2.33. The van der Waals surface area contributed by atoms with Crippen LogP contribution in [0.1, 0.15) is 24.6 Å². The first-order chi connectivity index (χ1) is 8.26. The molecule has 1 aromatic rings. The highest BCUT2D eigenvalue weighted by atomic mass is 16.5. The van der Waals surface area contributed by atoms with E-state index in [1.165, 1.54) is 5.69 Å². The molecule has 1 saturated heterocycles. The van der Waals surface area contributed by atoms with Crippen LogP contribution in [0, 0.1) is 6.92 Å². The van der Waals surface area contributed by atoms with Crippen LogP contribution in [-0.4, -0.2) is 30.8 Å². The van der Waals surface area contributed by atoms with Crippen LogP contribution in [0.4, 0.5) is 5.69 Å². The first-order valence-electron chi connectivity index (χ1n) is 6.26. The predicted octanol–water partition coefficient (Wildman–Crippen LogP) is 1.46. The number of pyridine rings is 1. The lowest BCUT2D eigenvalue weighted by atomic mass is 10.1. The Morgan fingerprint density at radius 3 is 3.12 bits per heavy atom. The van der Waals surface area contributed by atoms with E-state index >= 15 is 0 Å². The molecule has 0 aromatic carbocycles. The summed E-state index contributed by atoms with van der Waals surface area (Å²) in [5.41, 5.74) is 9.19. The van der Waals surface area contributed by atoms with Gasteiger partial charge in [-0.2, -0.15) is 0 Å². The van der Waals surface area contributed by atoms with Crippen LogP contribution in [0.3, 0.4) is 0 Å². The number of aryl methyl sites for hydroxylation is 1. The van der Waals surface area contributed by atoms with Gasteiger partial charge in [0.05, 0.1) is 19.3 Å². The molecule has 1 fully saturated rings. The average Bonchev–Trinajstić information content (AvgIpc) is 2.38. The zero-order valence-electron chi connectivity index (χ0n) is 10.6. The summed E-state index contributed by atoms with van der Waals surface area (Å²) in [6.45, 7) is 7.29. The number of rotatable bonds is 3. The summed E-state index contributed by atoms with van der Waals surface area (Å²) in [7, 11) is 0. The van der Waals surface area contributed by atoms with Gasteiger partial charge in [-0.05, 0) is 19.4 Å². The minimum atomic E-state index is 0.454. The first-order valence-corrected chi connectivity index (χ1v) is 6.26.